The van der Waals surface area contributed by atoms with Crippen molar-refractivity contribution >= 4 is 34.7 Å². The highest BCUT2D eigenvalue weighted by Crippen LogP contribution is 2.24. The summed E-state index contributed by atoms with van der Waals surface area (Å²) < 4.78 is 0. The highest BCUT2D eigenvalue weighted by molar-refractivity contribution is 6.03. The van der Waals surface area contributed by atoms with Gasteiger partial charge in [0.25, 0.3) is 5.91 Å². The lowest BCUT2D eigenvalue weighted by atomic mass is 10.1. The molecule has 1 heterocycles. The van der Waals surface area contributed by atoms with Crippen molar-refractivity contribution in [3.8, 4) is 0 Å². The topological polar surface area (TPSA) is 96.0 Å². The Hall–Kier alpha value is -3.74. The van der Waals surface area contributed by atoms with E-state index in [0.29, 0.717) is 23.0 Å². The first-order valence-corrected chi connectivity index (χ1v) is 9.20. The zero-order valence-corrected chi connectivity index (χ0v) is 16.8. The highest BCUT2D eigenvalue weighted by Gasteiger charge is 2.12. The summed E-state index contributed by atoms with van der Waals surface area (Å²) in [6.07, 6.45) is 0. The van der Waals surface area contributed by atoms with Crippen molar-refractivity contribution < 1.29 is 9.59 Å². The molecule has 3 aromatic rings. The predicted molar refractivity (Wildman–Crippen MR) is 115 cm³/mol. The number of rotatable bonds is 5. The molecule has 7 heteroatoms. The molecule has 0 radical (unpaired) electrons. The number of benzene rings is 2. The number of aryl methyl sites for hydroxylation is 3. The normalized spacial score (nSPS) is 10.3. The van der Waals surface area contributed by atoms with Crippen LogP contribution in [0.5, 0.6) is 0 Å². The van der Waals surface area contributed by atoms with Gasteiger partial charge in [0.05, 0.1) is 0 Å². The van der Waals surface area contributed by atoms with Crippen LogP contribution < -0.4 is 16.0 Å². The van der Waals surface area contributed by atoms with Crippen LogP contribution in [0.3, 0.4) is 0 Å². The summed E-state index contributed by atoms with van der Waals surface area (Å²) in [5.41, 5.74) is 4.67. The van der Waals surface area contributed by atoms with E-state index in [1.165, 1.54) is 6.92 Å². The Bertz CT molecular complexity index is 1040. The van der Waals surface area contributed by atoms with Crippen molar-refractivity contribution in [1.29, 1.82) is 0 Å². The molecule has 0 spiro atoms. The Morgan fingerprint density at radius 3 is 2.00 bits per heavy atom. The second-order valence-electron chi connectivity index (χ2n) is 6.79. The van der Waals surface area contributed by atoms with E-state index in [1.807, 2.05) is 32.0 Å². The average Bonchev–Trinajstić information content (AvgIpc) is 2.65. The van der Waals surface area contributed by atoms with Gasteiger partial charge in [-0.1, -0.05) is 18.2 Å². The van der Waals surface area contributed by atoms with Crippen molar-refractivity contribution in [2.75, 3.05) is 16.0 Å². The first kappa shape index (κ1) is 20.0. The smallest absolute Gasteiger partial charge is 0.274 e. The standard InChI is InChI=1S/C22H23N5O2/c1-13-6-5-7-14(2)21(13)27-20-12-19(23-15(3)24-20)22(29)26-18-10-8-17(9-11-18)25-16(4)28/h5-12H,1-4H3,(H,25,28)(H,26,29)(H,23,24,27). The third kappa shape index (κ3) is 5.16. The molecule has 0 aliphatic rings. The number of hydrogen-bond acceptors (Lipinski definition) is 5. The van der Waals surface area contributed by atoms with E-state index in [0.717, 1.165) is 16.8 Å². The Morgan fingerprint density at radius 2 is 1.41 bits per heavy atom. The fourth-order valence-electron chi connectivity index (χ4n) is 2.92. The van der Waals surface area contributed by atoms with Gasteiger partial charge >= 0.3 is 0 Å². The van der Waals surface area contributed by atoms with Gasteiger partial charge in [-0.05, 0) is 56.2 Å². The van der Waals surface area contributed by atoms with Crippen LogP contribution in [0.25, 0.3) is 0 Å². The Morgan fingerprint density at radius 1 is 0.828 bits per heavy atom. The molecule has 0 fully saturated rings. The number of amides is 2. The molecular weight excluding hydrogens is 366 g/mol. The molecule has 0 unspecified atom stereocenters. The van der Waals surface area contributed by atoms with Gasteiger partial charge in [-0.3, -0.25) is 9.59 Å². The number of para-hydroxylation sites is 1. The van der Waals surface area contributed by atoms with Crippen LogP contribution >= 0.6 is 0 Å². The fraction of sp³-hybridized carbons (Fsp3) is 0.182. The maximum Gasteiger partial charge on any atom is 0.274 e. The molecule has 0 atom stereocenters. The highest BCUT2D eigenvalue weighted by atomic mass is 16.2. The van der Waals surface area contributed by atoms with E-state index in [1.54, 1.807) is 37.3 Å². The predicted octanol–water partition coefficient (Wildman–Crippen LogP) is 4.36. The van der Waals surface area contributed by atoms with Crippen molar-refractivity contribution in [3.05, 3.63) is 71.2 Å². The molecule has 0 saturated heterocycles. The van der Waals surface area contributed by atoms with Gasteiger partial charge in [-0.25, -0.2) is 9.97 Å². The van der Waals surface area contributed by atoms with Crippen LogP contribution in [-0.2, 0) is 4.79 Å². The number of carbonyl (C=O) groups is 2. The summed E-state index contributed by atoms with van der Waals surface area (Å²) in [6, 6.07) is 14.5. The van der Waals surface area contributed by atoms with Crippen LogP contribution in [-0.4, -0.2) is 21.8 Å². The fourth-order valence-corrected chi connectivity index (χ4v) is 2.92. The van der Waals surface area contributed by atoms with Crippen LogP contribution in [0.15, 0.2) is 48.5 Å². The zero-order chi connectivity index (χ0) is 21.0. The number of hydrogen-bond donors (Lipinski definition) is 3. The third-order valence-corrected chi connectivity index (χ3v) is 4.27. The SMILES string of the molecule is CC(=O)Nc1ccc(NC(=O)c2cc(Nc3c(C)cccc3C)nc(C)n2)cc1. The molecule has 0 bridgehead atoms. The number of nitrogens with one attached hydrogen (secondary N) is 3. The minimum atomic E-state index is -0.340. The average molecular weight is 389 g/mol. The van der Waals surface area contributed by atoms with Crippen LogP contribution in [0.2, 0.25) is 0 Å². The quantitative estimate of drug-likeness (QED) is 0.603. The van der Waals surface area contributed by atoms with Gasteiger partial charge in [0.15, 0.2) is 0 Å². The number of anilines is 4. The minimum absolute atomic E-state index is 0.151. The molecule has 2 amide bonds. The Balaban J connectivity index is 1.78. The lowest BCUT2D eigenvalue weighted by Gasteiger charge is -2.13. The summed E-state index contributed by atoms with van der Waals surface area (Å²) in [7, 11) is 0. The van der Waals surface area contributed by atoms with Crippen LogP contribution in [0.4, 0.5) is 22.9 Å². The van der Waals surface area contributed by atoms with Gasteiger partial charge in [0.1, 0.15) is 17.3 Å². The molecule has 2 aromatic carbocycles. The van der Waals surface area contributed by atoms with E-state index >= 15 is 0 Å². The van der Waals surface area contributed by atoms with Crippen LogP contribution in [0, 0.1) is 20.8 Å². The minimum Gasteiger partial charge on any atom is -0.340 e. The van der Waals surface area contributed by atoms with E-state index in [2.05, 4.69) is 25.9 Å². The Labute approximate surface area is 169 Å². The van der Waals surface area contributed by atoms with Crippen molar-refractivity contribution in [3.63, 3.8) is 0 Å². The molecule has 0 aliphatic heterocycles. The summed E-state index contributed by atoms with van der Waals surface area (Å²) >= 11 is 0. The Kier molecular flexibility index (Phi) is 5.87. The molecule has 148 valence electrons. The molecule has 3 N–H and O–H groups in total. The maximum absolute atomic E-state index is 12.7. The third-order valence-electron chi connectivity index (χ3n) is 4.27. The second-order valence-corrected chi connectivity index (χ2v) is 6.79. The molecule has 7 nitrogen and oxygen atoms in total. The van der Waals surface area contributed by atoms with Gasteiger partial charge in [0, 0.05) is 30.1 Å². The zero-order valence-electron chi connectivity index (χ0n) is 16.8. The van der Waals surface area contributed by atoms with Gasteiger partial charge in [0.2, 0.25) is 5.91 Å². The number of carbonyl (C=O) groups excluding carboxylic acids is 2. The summed E-state index contributed by atoms with van der Waals surface area (Å²) in [5.74, 6) is 0.558. The van der Waals surface area contributed by atoms with E-state index in [4.69, 9.17) is 0 Å². The first-order chi connectivity index (χ1) is 13.8. The van der Waals surface area contributed by atoms with Gasteiger partial charge < -0.3 is 16.0 Å². The van der Waals surface area contributed by atoms with E-state index < -0.39 is 0 Å². The summed E-state index contributed by atoms with van der Waals surface area (Å²) in [4.78, 5) is 32.4. The second kappa shape index (κ2) is 8.52. The van der Waals surface area contributed by atoms with Crippen molar-refractivity contribution in [2.24, 2.45) is 0 Å². The molecule has 29 heavy (non-hydrogen) atoms. The number of nitrogens with zero attached hydrogens (tertiary/aromatic N) is 2. The van der Waals surface area contributed by atoms with E-state index in [9.17, 15) is 9.59 Å². The monoisotopic (exact) mass is 389 g/mol. The summed E-state index contributed by atoms with van der Waals surface area (Å²) in [6.45, 7) is 7.22. The van der Waals surface area contributed by atoms with Gasteiger partial charge in [-0.15, -0.1) is 0 Å². The molecule has 3 rings (SSSR count). The largest absolute Gasteiger partial charge is 0.340 e. The first-order valence-electron chi connectivity index (χ1n) is 9.20. The molecule has 0 saturated carbocycles. The molecular formula is C22H23N5O2. The summed E-state index contributed by atoms with van der Waals surface area (Å²) in [5, 5.41) is 8.79. The van der Waals surface area contributed by atoms with Gasteiger partial charge in [-0.2, -0.15) is 0 Å². The maximum atomic E-state index is 12.7. The lowest BCUT2D eigenvalue weighted by molar-refractivity contribution is -0.114. The van der Waals surface area contributed by atoms with Crippen molar-refractivity contribution in [2.45, 2.75) is 27.7 Å². The number of aromatic nitrogens is 2. The lowest BCUT2D eigenvalue weighted by Crippen LogP contribution is -2.15. The van der Waals surface area contributed by atoms with E-state index in [-0.39, 0.29) is 17.5 Å². The van der Waals surface area contributed by atoms with Crippen LogP contribution in [0.1, 0.15) is 34.4 Å². The van der Waals surface area contributed by atoms with Crippen molar-refractivity contribution in [1.82, 2.24) is 9.97 Å². The molecule has 1 aromatic heterocycles. The molecule has 0 aliphatic carbocycles.